The van der Waals surface area contributed by atoms with Crippen LogP contribution in [0.4, 0.5) is 5.69 Å². The number of aryl methyl sites for hydroxylation is 1. The lowest BCUT2D eigenvalue weighted by atomic mass is 9.92. The molecule has 1 aromatic heterocycles. The van der Waals surface area contributed by atoms with Gasteiger partial charge in [0.15, 0.2) is 0 Å². The first-order valence-corrected chi connectivity index (χ1v) is 10.0. The Hall–Kier alpha value is -2.18. The Kier molecular flexibility index (Phi) is 4.78. The summed E-state index contributed by atoms with van der Waals surface area (Å²) < 4.78 is 3.52. The minimum Gasteiger partial charge on any atom is -0.341 e. The molecule has 140 valence electrons. The van der Waals surface area contributed by atoms with Crippen molar-refractivity contribution in [3.8, 4) is 0 Å². The topological polar surface area (TPSA) is 74.1 Å². The summed E-state index contributed by atoms with van der Waals surface area (Å²) in [7, 11) is 0. The van der Waals surface area contributed by atoms with E-state index in [0.29, 0.717) is 0 Å². The highest BCUT2D eigenvalue weighted by molar-refractivity contribution is 9.10. The number of nitrogens with zero attached hydrogens (tertiary/aromatic N) is 2. The van der Waals surface area contributed by atoms with Crippen molar-refractivity contribution in [2.75, 3.05) is 0 Å². The van der Waals surface area contributed by atoms with Crippen LogP contribution in [0.2, 0.25) is 0 Å². The summed E-state index contributed by atoms with van der Waals surface area (Å²) >= 11 is 3.60. The lowest BCUT2D eigenvalue weighted by molar-refractivity contribution is -0.384. The number of nitro benzene ring substituents is 1. The third kappa shape index (κ3) is 3.39. The second-order valence-corrected chi connectivity index (χ2v) is 8.35. The molecular weight excluding hydrogens is 406 g/mol. The Bertz CT molecular complexity index is 1010. The monoisotopic (exact) mass is 427 g/mol. The number of rotatable bonds is 4. The first kappa shape index (κ1) is 18.2. The van der Waals surface area contributed by atoms with Crippen molar-refractivity contribution in [1.29, 1.82) is 0 Å². The number of non-ortho nitro benzene ring substituents is 1. The van der Waals surface area contributed by atoms with E-state index in [-0.39, 0.29) is 22.7 Å². The lowest BCUT2D eigenvalue weighted by Gasteiger charge is -2.24. The van der Waals surface area contributed by atoms with Gasteiger partial charge in [-0.05, 0) is 55.5 Å². The van der Waals surface area contributed by atoms with Gasteiger partial charge in [0, 0.05) is 51.7 Å². The molecule has 0 spiro atoms. The summed E-state index contributed by atoms with van der Waals surface area (Å²) in [5.74, 6) is 0. The van der Waals surface area contributed by atoms with Crippen LogP contribution >= 0.6 is 15.9 Å². The molecule has 0 saturated heterocycles. The maximum atomic E-state index is 10.9. The van der Waals surface area contributed by atoms with Crippen LogP contribution in [0.3, 0.4) is 0 Å². The quantitative estimate of drug-likeness (QED) is 0.473. The Labute approximate surface area is 166 Å². The summed E-state index contributed by atoms with van der Waals surface area (Å²) in [4.78, 5) is 10.5. The fourth-order valence-electron chi connectivity index (χ4n) is 4.28. The molecule has 0 aliphatic heterocycles. The van der Waals surface area contributed by atoms with Crippen LogP contribution < -0.4 is 5.73 Å². The third-order valence-electron chi connectivity index (χ3n) is 5.52. The van der Waals surface area contributed by atoms with E-state index in [1.165, 1.54) is 22.2 Å². The van der Waals surface area contributed by atoms with Crippen molar-refractivity contribution in [3.05, 3.63) is 73.9 Å². The molecule has 4 rings (SSSR count). The predicted molar refractivity (Wildman–Crippen MR) is 111 cm³/mol. The highest BCUT2D eigenvalue weighted by Gasteiger charge is 2.26. The van der Waals surface area contributed by atoms with Gasteiger partial charge in [0.2, 0.25) is 0 Å². The van der Waals surface area contributed by atoms with Gasteiger partial charge in [-0.25, -0.2) is 0 Å². The van der Waals surface area contributed by atoms with Crippen molar-refractivity contribution in [3.63, 3.8) is 0 Å². The molecular formula is C21H22BrN3O2. The Morgan fingerprint density at radius 3 is 2.74 bits per heavy atom. The summed E-state index contributed by atoms with van der Waals surface area (Å²) in [5, 5.41) is 12.2. The average molecular weight is 428 g/mol. The Morgan fingerprint density at radius 2 is 2.04 bits per heavy atom. The molecule has 3 aromatic rings. The minimum absolute atomic E-state index is 0.131. The molecule has 0 radical (unpaired) electrons. The van der Waals surface area contributed by atoms with Gasteiger partial charge in [0.25, 0.3) is 5.69 Å². The second-order valence-electron chi connectivity index (χ2n) is 7.44. The van der Waals surface area contributed by atoms with E-state index in [9.17, 15) is 10.1 Å². The maximum absolute atomic E-state index is 10.9. The number of nitro groups is 1. The zero-order chi connectivity index (χ0) is 19.1. The first-order valence-electron chi connectivity index (χ1n) is 9.24. The molecule has 6 heteroatoms. The van der Waals surface area contributed by atoms with E-state index in [4.69, 9.17) is 5.73 Å². The van der Waals surface area contributed by atoms with Gasteiger partial charge >= 0.3 is 0 Å². The zero-order valence-corrected chi connectivity index (χ0v) is 16.8. The predicted octanol–water partition coefficient (Wildman–Crippen LogP) is 4.93. The van der Waals surface area contributed by atoms with Crippen molar-refractivity contribution in [2.45, 2.75) is 44.7 Å². The van der Waals surface area contributed by atoms with E-state index in [2.05, 4.69) is 45.6 Å². The first-order chi connectivity index (χ1) is 12.9. The van der Waals surface area contributed by atoms with Crippen LogP contribution in [0.25, 0.3) is 10.9 Å². The second kappa shape index (κ2) is 7.09. The van der Waals surface area contributed by atoms with Crippen molar-refractivity contribution in [2.24, 2.45) is 5.73 Å². The molecule has 2 atom stereocenters. The maximum Gasteiger partial charge on any atom is 0.269 e. The van der Waals surface area contributed by atoms with Crippen LogP contribution in [0.5, 0.6) is 0 Å². The molecule has 0 bridgehead atoms. The van der Waals surface area contributed by atoms with Crippen molar-refractivity contribution < 1.29 is 4.92 Å². The van der Waals surface area contributed by atoms with Gasteiger partial charge in [0.05, 0.1) is 4.92 Å². The van der Waals surface area contributed by atoms with Gasteiger partial charge in [-0.2, -0.15) is 0 Å². The van der Waals surface area contributed by atoms with Crippen LogP contribution in [0.1, 0.15) is 36.2 Å². The number of benzene rings is 2. The van der Waals surface area contributed by atoms with E-state index < -0.39 is 0 Å². The number of hydrogen-bond acceptors (Lipinski definition) is 3. The van der Waals surface area contributed by atoms with Gasteiger partial charge in [-0.15, -0.1) is 0 Å². The van der Waals surface area contributed by atoms with Gasteiger partial charge in [0.1, 0.15) is 0 Å². The molecule has 0 unspecified atom stereocenters. The molecule has 0 saturated carbocycles. The number of hydrogen-bond donors (Lipinski definition) is 1. The number of nitrogens with two attached hydrogens (primary N) is 1. The summed E-state index contributed by atoms with van der Waals surface area (Å²) in [5.41, 5.74) is 11.5. The molecule has 2 aromatic carbocycles. The molecule has 0 amide bonds. The van der Waals surface area contributed by atoms with E-state index in [0.717, 1.165) is 35.7 Å². The smallest absolute Gasteiger partial charge is 0.269 e. The Balaban J connectivity index is 1.74. The SMILES string of the molecule is C[C@H](Cc1ccc([N+](=O)[O-])cc1)n1c2c(c3cc(Br)ccc31)CC[C@H](N)C2. The minimum atomic E-state index is -0.359. The van der Waals surface area contributed by atoms with E-state index in [1.807, 2.05) is 12.1 Å². The average Bonchev–Trinajstić information content (AvgIpc) is 2.94. The summed E-state index contributed by atoms with van der Waals surface area (Å²) in [6.07, 6.45) is 3.75. The fraction of sp³-hybridized carbons (Fsp3) is 0.333. The summed E-state index contributed by atoms with van der Waals surface area (Å²) in [6, 6.07) is 13.8. The molecule has 1 heterocycles. The van der Waals surface area contributed by atoms with Crippen molar-refractivity contribution in [1.82, 2.24) is 4.57 Å². The van der Waals surface area contributed by atoms with Gasteiger partial charge in [-0.1, -0.05) is 28.1 Å². The number of fused-ring (bicyclic) bond motifs is 3. The Morgan fingerprint density at radius 1 is 1.30 bits per heavy atom. The molecule has 5 nitrogen and oxygen atoms in total. The van der Waals surface area contributed by atoms with Gasteiger partial charge in [-0.3, -0.25) is 10.1 Å². The summed E-state index contributed by atoms with van der Waals surface area (Å²) in [6.45, 7) is 2.21. The van der Waals surface area contributed by atoms with E-state index >= 15 is 0 Å². The molecule has 1 aliphatic rings. The zero-order valence-electron chi connectivity index (χ0n) is 15.2. The fourth-order valence-corrected chi connectivity index (χ4v) is 4.64. The highest BCUT2D eigenvalue weighted by Crippen LogP contribution is 2.36. The lowest BCUT2D eigenvalue weighted by Crippen LogP contribution is -2.29. The highest BCUT2D eigenvalue weighted by atomic mass is 79.9. The van der Waals surface area contributed by atoms with Crippen LogP contribution in [-0.2, 0) is 19.3 Å². The van der Waals surface area contributed by atoms with Crippen LogP contribution in [0, 0.1) is 10.1 Å². The number of halogens is 1. The number of aromatic nitrogens is 1. The largest absolute Gasteiger partial charge is 0.341 e. The normalized spacial score (nSPS) is 17.7. The van der Waals surface area contributed by atoms with Crippen LogP contribution in [-0.4, -0.2) is 15.5 Å². The van der Waals surface area contributed by atoms with Gasteiger partial charge < -0.3 is 10.3 Å². The molecule has 1 aliphatic carbocycles. The standard InChI is InChI=1S/C21H22BrN3O2/c1-13(10-14-2-6-17(7-3-14)25(26)27)24-20-9-4-15(22)11-19(20)18-8-5-16(23)12-21(18)24/h2-4,6-7,9,11,13,16H,5,8,10,12,23H2,1H3/t13-,16+/m1/s1. The third-order valence-corrected chi connectivity index (χ3v) is 6.02. The molecule has 27 heavy (non-hydrogen) atoms. The van der Waals surface area contributed by atoms with Crippen LogP contribution in [0.15, 0.2) is 46.9 Å². The molecule has 2 N–H and O–H groups in total. The van der Waals surface area contributed by atoms with Crippen molar-refractivity contribution >= 4 is 32.5 Å². The molecule has 0 fully saturated rings. The van der Waals surface area contributed by atoms with E-state index in [1.54, 1.807) is 12.1 Å².